The number of esters is 1. The smallest absolute Gasteiger partial charge is 0.309 e. The van der Waals surface area contributed by atoms with E-state index in [1.54, 1.807) is 0 Å². The van der Waals surface area contributed by atoms with Crippen LogP contribution in [0.1, 0.15) is 132 Å². The Morgan fingerprint density at radius 3 is 2.18 bits per heavy atom. The van der Waals surface area contributed by atoms with Crippen molar-refractivity contribution in [3.05, 3.63) is 0 Å². The van der Waals surface area contributed by atoms with Crippen molar-refractivity contribution in [3.63, 3.8) is 0 Å². The molecule has 4 nitrogen and oxygen atoms in total. The molecule has 0 aromatic heterocycles. The van der Waals surface area contributed by atoms with Crippen LogP contribution in [-0.2, 0) is 14.3 Å². The van der Waals surface area contributed by atoms with Gasteiger partial charge < -0.3 is 9.84 Å². The van der Waals surface area contributed by atoms with Gasteiger partial charge >= 0.3 is 11.9 Å². The largest absolute Gasteiger partial charge is 0.481 e. The van der Waals surface area contributed by atoms with E-state index in [1.165, 1.54) is 25.7 Å². The molecule has 0 bridgehead atoms. The molecule has 1 N–H and O–H groups in total. The van der Waals surface area contributed by atoms with Crippen molar-refractivity contribution in [1.29, 1.82) is 0 Å². The van der Waals surface area contributed by atoms with Gasteiger partial charge in [-0.1, -0.05) is 55.4 Å². The minimum Gasteiger partial charge on any atom is -0.481 e. The molecule has 10 atom stereocenters. The Bertz CT molecular complexity index is 954. The molecule has 5 aliphatic rings. The van der Waals surface area contributed by atoms with Crippen molar-refractivity contribution in [3.8, 4) is 0 Å². The van der Waals surface area contributed by atoms with Crippen LogP contribution in [0.15, 0.2) is 0 Å². The van der Waals surface area contributed by atoms with Crippen molar-refractivity contribution in [2.45, 2.75) is 139 Å². The Morgan fingerprint density at radius 2 is 1.55 bits per heavy atom. The SMILES string of the molecule is CCCC(=O)O[C@@H]1CC[C@@]2(C)C(CC[C@]3(C)[C@@H]2CC[C@@H]2[C@H]4[C@H](C(C)C)CC[C@]4(C(=O)O)CC[C@]23C)C1(C)C. The second-order valence-electron chi connectivity index (χ2n) is 16.2. The van der Waals surface area contributed by atoms with Crippen LogP contribution in [0.2, 0.25) is 0 Å². The maximum absolute atomic E-state index is 12.9. The van der Waals surface area contributed by atoms with E-state index in [-0.39, 0.29) is 33.7 Å². The fourth-order valence-corrected chi connectivity index (χ4v) is 12.4. The number of ether oxygens (including phenoxy) is 1. The fraction of sp³-hybridized carbons (Fsp3) is 0.941. The molecule has 5 rings (SSSR count). The van der Waals surface area contributed by atoms with Gasteiger partial charge in [-0.15, -0.1) is 0 Å². The standard InChI is InChI=1S/C34H56O4/c1-9-10-27(35)38-26-15-16-31(6)24(30(26,4)5)14-17-33(8)25(31)12-11-23-28-22(21(2)3)13-18-34(28,29(36)37)20-19-32(23,33)7/h21-26,28H,9-20H2,1-8H3,(H,36,37)/t22-,23+,24?,25+,26+,28+,31-,32+,33+,34-/m0/s1. The van der Waals surface area contributed by atoms with E-state index in [4.69, 9.17) is 4.74 Å². The highest BCUT2D eigenvalue weighted by Gasteiger charge is 2.72. The quantitative estimate of drug-likeness (QED) is 0.363. The topological polar surface area (TPSA) is 63.6 Å². The highest BCUT2D eigenvalue weighted by molar-refractivity contribution is 5.76. The number of hydrogen-bond acceptors (Lipinski definition) is 3. The molecule has 5 saturated carbocycles. The van der Waals surface area contributed by atoms with E-state index in [1.807, 2.05) is 6.92 Å². The van der Waals surface area contributed by atoms with Crippen LogP contribution in [-0.4, -0.2) is 23.1 Å². The normalized spacial score (nSPS) is 49.4. The Kier molecular flexibility index (Phi) is 6.92. The molecule has 0 aromatic carbocycles. The molecule has 1 unspecified atom stereocenters. The van der Waals surface area contributed by atoms with Crippen molar-refractivity contribution in [2.24, 2.45) is 62.6 Å². The van der Waals surface area contributed by atoms with Crippen LogP contribution in [0.4, 0.5) is 0 Å². The summed E-state index contributed by atoms with van der Waals surface area (Å²) in [6.45, 7) is 19.3. The number of carboxylic acids is 1. The van der Waals surface area contributed by atoms with Gasteiger partial charge in [-0.25, -0.2) is 0 Å². The minimum atomic E-state index is -0.506. The van der Waals surface area contributed by atoms with E-state index in [0.717, 1.165) is 44.9 Å². The average Bonchev–Trinajstić information content (AvgIpc) is 3.23. The molecule has 0 aliphatic heterocycles. The predicted molar refractivity (Wildman–Crippen MR) is 151 cm³/mol. The zero-order valence-electron chi connectivity index (χ0n) is 25.7. The molecule has 5 fully saturated rings. The Morgan fingerprint density at radius 1 is 0.842 bits per heavy atom. The number of hydrogen-bond donors (Lipinski definition) is 1. The summed E-state index contributed by atoms with van der Waals surface area (Å²) in [6, 6.07) is 0. The number of rotatable bonds is 5. The first-order valence-electron chi connectivity index (χ1n) is 16.1. The minimum absolute atomic E-state index is 0.0191. The summed E-state index contributed by atoms with van der Waals surface area (Å²) in [5, 5.41) is 10.6. The maximum Gasteiger partial charge on any atom is 0.309 e. The highest BCUT2D eigenvalue weighted by atomic mass is 16.5. The molecule has 216 valence electrons. The fourth-order valence-electron chi connectivity index (χ4n) is 12.4. The second kappa shape index (κ2) is 9.23. The molecule has 5 aliphatic carbocycles. The molecule has 0 saturated heterocycles. The van der Waals surface area contributed by atoms with Gasteiger partial charge in [-0.05, 0) is 122 Å². The average molecular weight is 529 g/mol. The summed E-state index contributed by atoms with van der Waals surface area (Å²) in [6.07, 6.45) is 12.3. The molecular weight excluding hydrogens is 472 g/mol. The number of carbonyl (C=O) groups excluding carboxylic acids is 1. The number of carboxylic acid groups (broad SMARTS) is 1. The van der Waals surface area contributed by atoms with E-state index in [0.29, 0.717) is 41.9 Å². The van der Waals surface area contributed by atoms with Crippen LogP contribution in [0.25, 0.3) is 0 Å². The lowest BCUT2D eigenvalue weighted by Crippen LogP contribution is -2.67. The third kappa shape index (κ3) is 3.65. The van der Waals surface area contributed by atoms with Gasteiger partial charge in [0.1, 0.15) is 6.10 Å². The van der Waals surface area contributed by atoms with Crippen molar-refractivity contribution in [1.82, 2.24) is 0 Å². The Hall–Kier alpha value is -1.06. The van der Waals surface area contributed by atoms with Gasteiger partial charge in [0.15, 0.2) is 0 Å². The first-order valence-corrected chi connectivity index (χ1v) is 16.1. The summed E-state index contributed by atoms with van der Waals surface area (Å²) < 4.78 is 6.13. The lowest BCUT2D eigenvalue weighted by Gasteiger charge is -2.72. The summed E-state index contributed by atoms with van der Waals surface area (Å²) in [4.78, 5) is 25.4. The molecule has 0 aromatic rings. The second-order valence-corrected chi connectivity index (χ2v) is 16.2. The van der Waals surface area contributed by atoms with Crippen molar-refractivity contribution in [2.75, 3.05) is 0 Å². The molecule has 0 radical (unpaired) electrons. The lowest BCUT2D eigenvalue weighted by molar-refractivity contribution is -0.251. The van der Waals surface area contributed by atoms with Gasteiger partial charge in [0.2, 0.25) is 0 Å². The van der Waals surface area contributed by atoms with Gasteiger partial charge in [-0.2, -0.15) is 0 Å². The van der Waals surface area contributed by atoms with E-state index < -0.39 is 11.4 Å². The summed E-state index contributed by atoms with van der Waals surface area (Å²) in [5.41, 5.74) is 0.157. The van der Waals surface area contributed by atoms with E-state index in [2.05, 4.69) is 48.5 Å². The Labute approximate surface area is 232 Å². The molecule has 38 heavy (non-hydrogen) atoms. The van der Waals surface area contributed by atoms with Crippen LogP contribution < -0.4 is 0 Å². The third-order valence-electron chi connectivity index (χ3n) is 14.4. The van der Waals surface area contributed by atoms with Crippen LogP contribution in [0.3, 0.4) is 0 Å². The van der Waals surface area contributed by atoms with Crippen molar-refractivity contribution < 1.29 is 19.4 Å². The van der Waals surface area contributed by atoms with Crippen LogP contribution in [0, 0.1) is 62.6 Å². The third-order valence-corrected chi connectivity index (χ3v) is 14.4. The zero-order valence-corrected chi connectivity index (χ0v) is 25.7. The summed E-state index contributed by atoms with van der Waals surface area (Å²) >= 11 is 0. The molecule has 0 heterocycles. The Balaban J connectivity index is 1.47. The first-order chi connectivity index (χ1) is 17.7. The molecule has 0 spiro atoms. The van der Waals surface area contributed by atoms with E-state index in [9.17, 15) is 14.7 Å². The molecular formula is C34H56O4. The van der Waals surface area contributed by atoms with Gasteiger partial charge in [0.05, 0.1) is 5.41 Å². The summed E-state index contributed by atoms with van der Waals surface area (Å²) in [7, 11) is 0. The molecule has 4 heteroatoms. The molecule has 0 amide bonds. The van der Waals surface area contributed by atoms with Gasteiger partial charge in [0.25, 0.3) is 0 Å². The monoisotopic (exact) mass is 528 g/mol. The first kappa shape index (κ1) is 28.5. The lowest BCUT2D eigenvalue weighted by atomic mass is 9.32. The van der Waals surface area contributed by atoms with Gasteiger partial charge in [0, 0.05) is 11.8 Å². The predicted octanol–water partition coefficient (Wildman–Crippen LogP) is 8.52. The van der Waals surface area contributed by atoms with Crippen LogP contribution >= 0.6 is 0 Å². The van der Waals surface area contributed by atoms with Gasteiger partial charge in [-0.3, -0.25) is 9.59 Å². The maximum atomic E-state index is 12.9. The van der Waals surface area contributed by atoms with Crippen LogP contribution in [0.5, 0.6) is 0 Å². The number of aliphatic carboxylic acids is 1. The number of carbonyl (C=O) groups is 2. The highest BCUT2D eigenvalue weighted by Crippen LogP contribution is 2.77. The number of fused-ring (bicyclic) bond motifs is 7. The zero-order chi connectivity index (χ0) is 27.9. The van der Waals surface area contributed by atoms with E-state index >= 15 is 0 Å². The van der Waals surface area contributed by atoms with Crippen molar-refractivity contribution >= 4 is 11.9 Å². The summed E-state index contributed by atoms with van der Waals surface area (Å²) in [5.74, 6) is 2.60.